The van der Waals surface area contributed by atoms with E-state index in [0.29, 0.717) is 0 Å². The van der Waals surface area contributed by atoms with Gasteiger partial charge in [0.25, 0.3) is 27.9 Å². The zero-order valence-corrected chi connectivity index (χ0v) is 19.1. The van der Waals surface area contributed by atoms with E-state index >= 15 is 0 Å². The predicted molar refractivity (Wildman–Crippen MR) is 131 cm³/mol. The molecular formula is C22H18N10O2S. The van der Waals surface area contributed by atoms with Crippen molar-refractivity contribution in [2.24, 2.45) is 34.9 Å². The summed E-state index contributed by atoms with van der Waals surface area (Å²) >= 11 is 0. The molecule has 174 valence electrons. The summed E-state index contributed by atoms with van der Waals surface area (Å²) in [6, 6.07) is 25.1. The number of azo groups is 2. The molecule has 0 unspecified atom stereocenters. The summed E-state index contributed by atoms with van der Waals surface area (Å²) in [7, 11) is -4.01. The van der Waals surface area contributed by atoms with Gasteiger partial charge in [-0.05, 0) is 43.3 Å². The topological polar surface area (TPSA) is 139 Å². The first kappa shape index (κ1) is 22.2. The molecule has 1 N–H and O–H groups in total. The first-order chi connectivity index (χ1) is 17.0. The number of aryl methyl sites for hydroxylation is 1. The van der Waals surface area contributed by atoms with Crippen molar-refractivity contribution in [3.05, 3.63) is 90.5 Å². The van der Waals surface area contributed by atoms with Crippen LogP contribution in [0.5, 0.6) is 0 Å². The summed E-state index contributed by atoms with van der Waals surface area (Å²) in [6.45, 7) is 1.86. The Balaban J connectivity index is 1.41. The van der Waals surface area contributed by atoms with Gasteiger partial charge in [-0.25, -0.2) is 5.01 Å². The smallest absolute Gasteiger partial charge is 0.222 e. The van der Waals surface area contributed by atoms with E-state index < -0.39 is 16.0 Å². The van der Waals surface area contributed by atoms with Gasteiger partial charge in [0.2, 0.25) is 0 Å². The Bertz CT molecular complexity index is 1460. The SMILES string of the molecule is Cc1ccc(S(=O)(=O)N=C2N=NC(=NC3=NN(c4ccccc4)NN3c3ccccc3)N=N2)cc1. The van der Waals surface area contributed by atoms with E-state index in [1.54, 1.807) is 22.3 Å². The third kappa shape index (κ3) is 5.00. The van der Waals surface area contributed by atoms with Crippen LogP contribution in [0.15, 0.2) is 125 Å². The molecule has 2 aliphatic rings. The van der Waals surface area contributed by atoms with Crippen LogP contribution in [0.2, 0.25) is 0 Å². The van der Waals surface area contributed by atoms with E-state index in [2.05, 4.69) is 40.5 Å². The van der Waals surface area contributed by atoms with Gasteiger partial charge in [0.05, 0.1) is 16.3 Å². The molecule has 3 aromatic carbocycles. The molecule has 0 atom stereocenters. The Morgan fingerprint density at radius 1 is 0.743 bits per heavy atom. The van der Waals surface area contributed by atoms with E-state index in [-0.39, 0.29) is 16.8 Å². The van der Waals surface area contributed by atoms with Crippen LogP contribution in [0.1, 0.15) is 5.56 Å². The van der Waals surface area contributed by atoms with Gasteiger partial charge in [0.15, 0.2) is 0 Å². The quantitative estimate of drug-likeness (QED) is 0.593. The van der Waals surface area contributed by atoms with Crippen molar-refractivity contribution in [3.63, 3.8) is 0 Å². The Morgan fingerprint density at radius 2 is 1.31 bits per heavy atom. The molecular weight excluding hydrogens is 468 g/mol. The molecule has 0 bridgehead atoms. The molecule has 35 heavy (non-hydrogen) atoms. The van der Waals surface area contributed by atoms with Gasteiger partial charge in [0.1, 0.15) is 0 Å². The third-order valence-electron chi connectivity index (χ3n) is 4.78. The van der Waals surface area contributed by atoms with Crippen molar-refractivity contribution in [1.29, 1.82) is 0 Å². The number of hydrazine groups is 2. The number of para-hydroxylation sites is 2. The average Bonchev–Trinajstić information content (AvgIpc) is 3.30. The van der Waals surface area contributed by atoms with E-state index in [4.69, 9.17) is 0 Å². The summed E-state index contributed by atoms with van der Waals surface area (Å²) in [5, 5.41) is 22.9. The molecule has 0 spiro atoms. The molecule has 13 heteroatoms. The summed E-state index contributed by atoms with van der Waals surface area (Å²) < 4.78 is 28.6. The van der Waals surface area contributed by atoms with Crippen LogP contribution in [-0.4, -0.2) is 26.3 Å². The minimum atomic E-state index is -4.01. The predicted octanol–water partition coefficient (Wildman–Crippen LogP) is 4.03. The highest BCUT2D eigenvalue weighted by atomic mass is 32.2. The minimum absolute atomic E-state index is 0.0198. The zero-order chi connectivity index (χ0) is 24.3. The first-order valence-electron chi connectivity index (χ1n) is 10.4. The lowest BCUT2D eigenvalue weighted by Crippen LogP contribution is -2.43. The number of anilines is 2. The maximum atomic E-state index is 12.5. The molecule has 0 saturated heterocycles. The number of sulfonamides is 1. The highest BCUT2D eigenvalue weighted by Gasteiger charge is 2.26. The number of rotatable bonds is 4. The van der Waals surface area contributed by atoms with Gasteiger partial charge < -0.3 is 0 Å². The third-order valence-corrected chi connectivity index (χ3v) is 6.05. The monoisotopic (exact) mass is 486 g/mol. The number of hydrogen-bond donors (Lipinski definition) is 1. The van der Waals surface area contributed by atoms with Crippen molar-refractivity contribution in [2.45, 2.75) is 11.8 Å². The van der Waals surface area contributed by atoms with Crippen LogP contribution in [0.25, 0.3) is 0 Å². The molecule has 0 saturated carbocycles. The van der Waals surface area contributed by atoms with Crippen LogP contribution >= 0.6 is 0 Å². The molecule has 0 amide bonds. The fourth-order valence-corrected chi connectivity index (χ4v) is 3.94. The van der Waals surface area contributed by atoms with Crippen molar-refractivity contribution < 1.29 is 8.42 Å². The van der Waals surface area contributed by atoms with Crippen molar-refractivity contribution >= 4 is 39.3 Å². The maximum Gasteiger partial charge on any atom is 0.299 e. The Morgan fingerprint density at radius 3 is 1.94 bits per heavy atom. The standard InChI is InChI=1S/C22H18N10O2S/c1-16-12-14-19(15-13-16)35(33,34)29-21-26-24-20(25-27-21)23-22-28-32(18-10-6-3-7-11-18)30-31(22)17-8-4-2-5-9-17/h2-15,30H,1H3. The first-order valence-corrected chi connectivity index (χ1v) is 11.8. The highest BCUT2D eigenvalue weighted by molar-refractivity contribution is 7.90. The minimum Gasteiger partial charge on any atom is -0.222 e. The Hall–Kier alpha value is -4.62. The van der Waals surface area contributed by atoms with Crippen molar-refractivity contribution in [1.82, 2.24) is 5.53 Å². The van der Waals surface area contributed by atoms with Gasteiger partial charge >= 0.3 is 0 Å². The lowest BCUT2D eigenvalue weighted by atomic mass is 10.2. The van der Waals surface area contributed by atoms with Gasteiger partial charge in [-0.15, -0.1) is 35.5 Å². The Labute approximate surface area is 200 Å². The lowest BCUT2D eigenvalue weighted by molar-refractivity contribution is 0.598. The van der Waals surface area contributed by atoms with Crippen molar-refractivity contribution in [3.8, 4) is 0 Å². The number of guanidine groups is 3. The largest absolute Gasteiger partial charge is 0.299 e. The summed E-state index contributed by atoms with van der Waals surface area (Å²) in [4.78, 5) is 4.35. The highest BCUT2D eigenvalue weighted by Crippen LogP contribution is 2.22. The molecule has 3 aromatic rings. The zero-order valence-electron chi connectivity index (χ0n) is 18.3. The Kier molecular flexibility index (Phi) is 5.91. The number of hydrazone groups is 1. The second-order valence-corrected chi connectivity index (χ2v) is 8.91. The van der Waals surface area contributed by atoms with Crippen molar-refractivity contribution in [2.75, 3.05) is 10.1 Å². The summed E-state index contributed by atoms with van der Waals surface area (Å²) in [5.74, 6) is -0.296. The second kappa shape index (κ2) is 9.32. The van der Waals surface area contributed by atoms with Gasteiger partial charge in [-0.3, -0.25) is 0 Å². The molecule has 5 rings (SSSR count). The number of aliphatic imine (C=N–C) groups is 1. The van der Waals surface area contributed by atoms with E-state index in [9.17, 15) is 8.42 Å². The van der Waals surface area contributed by atoms with Crippen LogP contribution in [0.3, 0.4) is 0 Å². The van der Waals surface area contributed by atoms with Gasteiger partial charge in [0, 0.05) is 0 Å². The number of nitrogens with one attached hydrogen (secondary N) is 1. The van der Waals surface area contributed by atoms with Crippen LogP contribution in [0, 0.1) is 6.92 Å². The van der Waals surface area contributed by atoms with E-state index in [1.807, 2.05) is 67.6 Å². The molecule has 0 fully saturated rings. The number of hydrogen-bond acceptors (Lipinski definition) is 7. The fourth-order valence-electron chi connectivity index (χ4n) is 3.06. The molecule has 0 aliphatic carbocycles. The van der Waals surface area contributed by atoms with Crippen LogP contribution in [-0.2, 0) is 10.0 Å². The normalized spacial score (nSPS) is 15.4. The molecule has 2 aliphatic heterocycles. The number of nitrogens with zero attached hydrogens (tertiary/aromatic N) is 9. The number of benzene rings is 3. The van der Waals surface area contributed by atoms with Crippen LogP contribution < -0.4 is 15.7 Å². The molecule has 12 nitrogen and oxygen atoms in total. The molecule has 2 heterocycles. The summed E-state index contributed by atoms with van der Waals surface area (Å²) in [5.41, 5.74) is 5.61. The van der Waals surface area contributed by atoms with Gasteiger partial charge in [-0.2, -0.15) is 18.5 Å². The second-order valence-electron chi connectivity index (χ2n) is 7.31. The maximum absolute atomic E-state index is 12.5. The van der Waals surface area contributed by atoms with E-state index in [0.717, 1.165) is 16.9 Å². The molecule has 0 radical (unpaired) electrons. The summed E-state index contributed by atoms with van der Waals surface area (Å²) in [6.07, 6.45) is 0. The fraction of sp³-hybridized carbons (Fsp3) is 0.0455. The lowest BCUT2D eigenvalue weighted by Gasteiger charge is -2.20. The van der Waals surface area contributed by atoms with Crippen LogP contribution in [0.4, 0.5) is 11.4 Å². The molecule has 0 aromatic heterocycles. The van der Waals surface area contributed by atoms with Gasteiger partial charge in [-0.1, -0.05) is 54.1 Å². The van der Waals surface area contributed by atoms with E-state index in [1.165, 1.54) is 12.1 Å². The average molecular weight is 487 g/mol.